The minimum absolute atomic E-state index is 0.163. The Morgan fingerprint density at radius 1 is 1.09 bits per heavy atom. The Hall–Kier alpha value is -3.01. The summed E-state index contributed by atoms with van der Waals surface area (Å²) in [5.41, 5.74) is 1.60. The molecule has 0 heterocycles. The molecular weight excluding hydrogens is 290 g/mol. The van der Waals surface area contributed by atoms with E-state index in [1.54, 1.807) is 54.6 Å². The number of ether oxygens (including phenoxy) is 1. The predicted molar refractivity (Wildman–Crippen MR) is 90.0 cm³/mol. The molecule has 0 fully saturated rings. The second kappa shape index (κ2) is 6.01. The van der Waals surface area contributed by atoms with Gasteiger partial charge in [0.1, 0.15) is 11.5 Å². The van der Waals surface area contributed by atoms with Crippen molar-refractivity contribution in [3.63, 3.8) is 0 Å². The quantitative estimate of drug-likeness (QED) is 0.772. The van der Waals surface area contributed by atoms with Gasteiger partial charge in [0.2, 0.25) is 0 Å². The average molecular weight is 305 g/mol. The summed E-state index contributed by atoms with van der Waals surface area (Å²) in [7, 11) is 1.50. The van der Waals surface area contributed by atoms with Crippen molar-refractivity contribution in [2.75, 3.05) is 12.4 Å². The van der Waals surface area contributed by atoms with Crippen LogP contribution in [0.5, 0.6) is 11.5 Å². The van der Waals surface area contributed by atoms with Crippen LogP contribution in [0.1, 0.15) is 15.9 Å². The van der Waals surface area contributed by atoms with Gasteiger partial charge in [0.05, 0.1) is 12.7 Å². The molecular formula is C19H15NO3. The summed E-state index contributed by atoms with van der Waals surface area (Å²) in [6, 6.07) is 15.4. The van der Waals surface area contributed by atoms with E-state index < -0.39 is 0 Å². The molecule has 0 aliphatic heterocycles. The molecule has 0 saturated carbocycles. The predicted octanol–water partition coefficient (Wildman–Crippen LogP) is 3.87. The minimum Gasteiger partial charge on any atom is -0.508 e. The van der Waals surface area contributed by atoms with Crippen LogP contribution in [0.4, 0.5) is 5.69 Å². The van der Waals surface area contributed by atoms with Crippen molar-refractivity contribution in [2.45, 2.75) is 0 Å². The molecule has 0 atom stereocenters. The number of hydrogen-bond donors (Lipinski definition) is 2. The van der Waals surface area contributed by atoms with E-state index >= 15 is 0 Å². The van der Waals surface area contributed by atoms with E-state index in [-0.39, 0.29) is 11.7 Å². The normalized spacial score (nSPS) is 10.5. The van der Waals surface area contributed by atoms with Gasteiger partial charge in [-0.2, -0.15) is 0 Å². The molecule has 4 nitrogen and oxygen atoms in total. The van der Waals surface area contributed by atoms with E-state index in [9.17, 15) is 9.90 Å². The summed E-state index contributed by atoms with van der Waals surface area (Å²) >= 11 is 0. The summed E-state index contributed by atoms with van der Waals surface area (Å²) in [6.45, 7) is 5.72. The summed E-state index contributed by atoms with van der Waals surface area (Å²) in [6.07, 6.45) is 0. The number of carbonyl (C=O) groups is 1. The number of benzene rings is 3. The lowest BCUT2D eigenvalue weighted by Gasteiger charge is -2.11. The highest BCUT2D eigenvalue weighted by molar-refractivity contribution is 6.08. The zero-order chi connectivity index (χ0) is 16.4. The average Bonchev–Trinajstić information content (AvgIpc) is 2.53. The van der Waals surface area contributed by atoms with Gasteiger partial charge in [-0.15, -0.1) is 0 Å². The van der Waals surface area contributed by atoms with E-state index in [0.29, 0.717) is 22.6 Å². The SMILES string of the molecule is [CH]c1cccc(NC(=O)c2cc3ccc(O)cc3cc2OC)c1. The van der Waals surface area contributed by atoms with Gasteiger partial charge in [-0.3, -0.25) is 4.79 Å². The van der Waals surface area contributed by atoms with Crippen LogP contribution >= 0.6 is 0 Å². The van der Waals surface area contributed by atoms with Gasteiger partial charge in [0, 0.05) is 5.69 Å². The molecule has 0 unspecified atom stereocenters. The first kappa shape index (κ1) is 14.9. The molecule has 114 valence electrons. The first-order valence-electron chi connectivity index (χ1n) is 7.04. The molecule has 0 aliphatic carbocycles. The Balaban J connectivity index is 2.00. The minimum atomic E-state index is -0.289. The fourth-order valence-electron chi connectivity index (χ4n) is 2.43. The molecule has 4 heteroatoms. The molecule has 0 spiro atoms. The third-order valence-corrected chi connectivity index (χ3v) is 3.53. The van der Waals surface area contributed by atoms with Crippen LogP contribution in [-0.2, 0) is 0 Å². The maximum atomic E-state index is 12.5. The Kier molecular flexibility index (Phi) is 3.89. The van der Waals surface area contributed by atoms with Crippen molar-refractivity contribution >= 4 is 22.4 Å². The molecule has 1 amide bonds. The highest BCUT2D eigenvalue weighted by Gasteiger charge is 2.14. The van der Waals surface area contributed by atoms with Gasteiger partial charge in [0.15, 0.2) is 0 Å². The maximum absolute atomic E-state index is 12.5. The monoisotopic (exact) mass is 305 g/mol. The van der Waals surface area contributed by atoms with Gasteiger partial charge in [-0.25, -0.2) is 0 Å². The molecule has 3 rings (SSSR count). The smallest absolute Gasteiger partial charge is 0.259 e. The molecule has 3 aromatic carbocycles. The first-order valence-corrected chi connectivity index (χ1v) is 7.04. The van der Waals surface area contributed by atoms with Gasteiger partial charge in [-0.05, 0) is 59.7 Å². The lowest BCUT2D eigenvalue weighted by molar-refractivity contribution is 0.102. The second-order valence-electron chi connectivity index (χ2n) is 5.16. The summed E-state index contributed by atoms with van der Waals surface area (Å²) in [5, 5.41) is 14.0. The number of amides is 1. The zero-order valence-corrected chi connectivity index (χ0v) is 12.5. The largest absolute Gasteiger partial charge is 0.508 e. The van der Waals surface area contributed by atoms with Crippen molar-refractivity contribution in [1.82, 2.24) is 0 Å². The van der Waals surface area contributed by atoms with Crippen LogP contribution < -0.4 is 10.1 Å². The third-order valence-electron chi connectivity index (χ3n) is 3.53. The van der Waals surface area contributed by atoms with Crippen molar-refractivity contribution < 1.29 is 14.6 Å². The van der Waals surface area contributed by atoms with Crippen molar-refractivity contribution in [2.24, 2.45) is 0 Å². The van der Waals surface area contributed by atoms with Gasteiger partial charge < -0.3 is 15.2 Å². The number of fused-ring (bicyclic) bond motifs is 1. The molecule has 0 aromatic heterocycles. The van der Waals surface area contributed by atoms with Gasteiger partial charge in [0.25, 0.3) is 5.91 Å². The van der Waals surface area contributed by atoms with Gasteiger partial charge >= 0.3 is 0 Å². The lowest BCUT2D eigenvalue weighted by Crippen LogP contribution is -2.13. The van der Waals surface area contributed by atoms with Crippen LogP contribution in [0.2, 0.25) is 0 Å². The number of carbonyl (C=O) groups excluding carboxylic acids is 1. The number of anilines is 1. The number of aromatic hydroxyl groups is 1. The maximum Gasteiger partial charge on any atom is 0.259 e. The topological polar surface area (TPSA) is 58.6 Å². The Bertz CT molecular complexity index is 887. The molecule has 2 N–H and O–H groups in total. The van der Waals surface area contributed by atoms with Gasteiger partial charge in [-0.1, -0.05) is 18.2 Å². The van der Waals surface area contributed by atoms with E-state index in [0.717, 1.165) is 10.8 Å². The van der Waals surface area contributed by atoms with E-state index in [4.69, 9.17) is 11.7 Å². The Morgan fingerprint density at radius 2 is 1.91 bits per heavy atom. The molecule has 0 bridgehead atoms. The van der Waals surface area contributed by atoms with Crippen LogP contribution in [0.25, 0.3) is 10.8 Å². The molecule has 0 aliphatic rings. The zero-order valence-electron chi connectivity index (χ0n) is 12.5. The number of phenolic OH excluding ortho intramolecular Hbond substituents is 1. The van der Waals surface area contributed by atoms with Crippen molar-refractivity contribution in [3.05, 3.63) is 72.6 Å². The molecule has 23 heavy (non-hydrogen) atoms. The number of phenols is 1. The van der Waals surface area contributed by atoms with Crippen LogP contribution in [0.3, 0.4) is 0 Å². The fourth-order valence-corrected chi connectivity index (χ4v) is 2.43. The van der Waals surface area contributed by atoms with Crippen LogP contribution in [-0.4, -0.2) is 18.1 Å². The molecule has 3 aromatic rings. The van der Waals surface area contributed by atoms with E-state index in [2.05, 4.69) is 5.32 Å². The summed E-state index contributed by atoms with van der Waals surface area (Å²) in [4.78, 5) is 12.5. The standard InChI is InChI=1S/C19H15NO3/c1-12-4-3-5-15(8-12)20-19(22)17-10-13-6-7-16(21)9-14(13)11-18(17)23-2/h1,3-11,21H,2H3,(H,20,22). The first-order chi connectivity index (χ1) is 11.1. The third kappa shape index (κ3) is 3.11. The van der Waals surface area contributed by atoms with Crippen LogP contribution in [0.15, 0.2) is 54.6 Å². The van der Waals surface area contributed by atoms with Crippen molar-refractivity contribution in [1.29, 1.82) is 0 Å². The van der Waals surface area contributed by atoms with E-state index in [1.807, 2.05) is 0 Å². The fraction of sp³-hybridized carbons (Fsp3) is 0.0526. The highest BCUT2D eigenvalue weighted by Crippen LogP contribution is 2.29. The Labute approximate surface area is 134 Å². The van der Waals surface area contributed by atoms with E-state index in [1.165, 1.54) is 7.11 Å². The van der Waals surface area contributed by atoms with Crippen molar-refractivity contribution in [3.8, 4) is 11.5 Å². The number of hydrogen-bond acceptors (Lipinski definition) is 3. The molecule has 2 radical (unpaired) electrons. The number of nitrogens with one attached hydrogen (secondary N) is 1. The lowest BCUT2D eigenvalue weighted by atomic mass is 10.0. The summed E-state index contributed by atoms with van der Waals surface area (Å²) in [5.74, 6) is 0.309. The van der Waals surface area contributed by atoms with Crippen LogP contribution in [0, 0.1) is 6.92 Å². The number of methoxy groups -OCH3 is 1. The highest BCUT2D eigenvalue weighted by atomic mass is 16.5. The second-order valence-corrected chi connectivity index (χ2v) is 5.16. The Morgan fingerprint density at radius 3 is 2.65 bits per heavy atom. The number of rotatable bonds is 3. The molecule has 0 saturated heterocycles. The summed E-state index contributed by atoms with van der Waals surface area (Å²) < 4.78 is 5.31.